The zero-order valence-electron chi connectivity index (χ0n) is 18.4. The molecule has 0 aromatic carbocycles. The number of sulfonamides is 1. The number of nitrogens with one attached hydrogen (secondary N) is 1. The van der Waals surface area contributed by atoms with Gasteiger partial charge in [-0.3, -0.25) is 9.78 Å². The van der Waals surface area contributed by atoms with Gasteiger partial charge in [-0.2, -0.15) is 5.10 Å². The van der Waals surface area contributed by atoms with Crippen molar-refractivity contribution in [1.82, 2.24) is 19.1 Å². The Morgan fingerprint density at radius 1 is 1.21 bits per heavy atom. The Kier molecular flexibility index (Phi) is 5.52. The molecule has 1 unspecified atom stereocenters. The number of nitrogen functional groups attached to an aromatic ring is 1. The summed E-state index contributed by atoms with van der Waals surface area (Å²) in [5, 5.41) is 6.86. The van der Waals surface area contributed by atoms with E-state index in [-0.39, 0.29) is 35.6 Å². The molecule has 12 heteroatoms. The number of carbonyl (C=O) groups is 1. The van der Waals surface area contributed by atoms with E-state index in [4.69, 9.17) is 5.73 Å². The predicted octanol–water partition coefficient (Wildman–Crippen LogP) is 1.57. The second-order valence-corrected chi connectivity index (χ2v) is 11.3. The Morgan fingerprint density at radius 3 is 2.64 bits per heavy atom. The summed E-state index contributed by atoms with van der Waals surface area (Å²) in [5.74, 6) is 0.207. The normalized spacial score (nSPS) is 22.2. The van der Waals surface area contributed by atoms with E-state index in [9.17, 15) is 17.6 Å². The van der Waals surface area contributed by atoms with Gasteiger partial charge in [0, 0.05) is 26.3 Å². The van der Waals surface area contributed by atoms with Gasteiger partial charge in [-0.25, -0.2) is 21.8 Å². The third kappa shape index (κ3) is 4.05. The van der Waals surface area contributed by atoms with Crippen molar-refractivity contribution in [2.75, 3.05) is 42.6 Å². The van der Waals surface area contributed by atoms with Gasteiger partial charge in [-0.1, -0.05) is 0 Å². The summed E-state index contributed by atoms with van der Waals surface area (Å²) in [6, 6.07) is 1.86. The van der Waals surface area contributed by atoms with Gasteiger partial charge in [-0.05, 0) is 43.2 Å². The van der Waals surface area contributed by atoms with E-state index < -0.39 is 22.1 Å². The molecule has 5 rings (SSSR count). The first kappa shape index (κ1) is 22.1. The second-order valence-electron chi connectivity index (χ2n) is 9.08. The lowest BCUT2D eigenvalue weighted by Gasteiger charge is -2.32. The highest BCUT2D eigenvalue weighted by Gasteiger charge is 2.41. The van der Waals surface area contributed by atoms with Crippen LogP contribution in [0.2, 0.25) is 0 Å². The Balaban J connectivity index is 1.34. The van der Waals surface area contributed by atoms with E-state index in [1.54, 1.807) is 28.6 Å². The summed E-state index contributed by atoms with van der Waals surface area (Å²) in [7, 11) is -1.48. The third-order valence-corrected chi connectivity index (χ3v) is 9.09. The maximum absolute atomic E-state index is 13.9. The number of nitrogens with two attached hydrogens (primary N) is 1. The number of anilines is 3. The van der Waals surface area contributed by atoms with E-state index in [1.807, 2.05) is 6.07 Å². The number of aromatic nitrogens is 3. The number of pyridine rings is 1. The number of hydrogen-bond acceptors (Lipinski definition) is 7. The van der Waals surface area contributed by atoms with Crippen LogP contribution in [0.15, 0.2) is 18.5 Å². The fourth-order valence-corrected chi connectivity index (χ4v) is 6.75. The molecule has 33 heavy (non-hydrogen) atoms. The monoisotopic (exact) mass is 477 g/mol. The van der Waals surface area contributed by atoms with Crippen molar-refractivity contribution in [2.24, 2.45) is 0 Å². The Labute approximate surface area is 192 Å². The number of amides is 1. The summed E-state index contributed by atoms with van der Waals surface area (Å²) >= 11 is 0. The molecule has 2 aromatic rings. The molecule has 1 aliphatic carbocycles. The zero-order chi connectivity index (χ0) is 23.3. The highest BCUT2D eigenvalue weighted by Crippen LogP contribution is 2.38. The summed E-state index contributed by atoms with van der Waals surface area (Å²) in [6.45, 7) is 1.15. The minimum absolute atomic E-state index is 0.0486. The molecule has 2 aromatic heterocycles. The van der Waals surface area contributed by atoms with Gasteiger partial charge in [0.2, 0.25) is 10.0 Å². The molecular weight excluding hydrogens is 449 g/mol. The first-order valence-electron chi connectivity index (χ1n) is 11.2. The molecular formula is C21H28FN7O3S. The second kappa shape index (κ2) is 8.24. The molecule has 0 radical (unpaired) electrons. The maximum Gasteiger partial charge on any atom is 0.263 e. The minimum atomic E-state index is -3.18. The fourth-order valence-electron chi connectivity index (χ4n) is 4.88. The van der Waals surface area contributed by atoms with Crippen molar-refractivity contribution < 1.29 is 17.6 Å². The predicted molar refractivity (Wildman–Crippen MR) is 122 cm³/mol. The fraction of sp³-hybridized carbons (Fsp3) is 0.571. The molecule has 2 aliphatic heterocycles. The lowest BCUT2D eigenvalue weighted by molar-refractivity contribution is 0.102. The molecule has 0 bridgehead atoms. The number of hydrogen-bond donors (Lipinski definition) is 2. The summed E-state index contributed by atoms with van der Waals surface area (Å²) in [5.41, 5.74) is 7.72. The molecule has 0 spiro atoms. The quantitative estimate of drug-likeness (QED) is 0.669. The average molecular weight is 478 g/mol. The molecule has 3 N–H and O–H groups in total. The highest BCUT2D eigenvalue weighted by molar-refractivity contribution is 7.90. The van der Waals surface area contributed by atoms with E-state index >= 15 is 0 Å². The van der Waals surface area contributed by atoms with Crippen LogP contribution in [0.3, 0.4) is 0 Å². The van der Waals surface area contributed by atoms with Gasteiger partial charge < -0.3 is 16.0 Å². The lowest BCUT2D eigenvalue weighted by Crippen LogP contribution is -2.39. The maximum atomic E-state index is 13.9. The summed E-state index contributed by atoms with van der Waals surface area (Å²) in [6.07, 6.45) is 5.03. The van der Waals surface area contributed by atoms with Crippen LogP contribution in [0.5, 0.6) is 0 Å². The van der Waals surface area contributed by atoms with E-state index in [0.29, 0.717) is 37.4 Å². The molecule has 178 valence electrons. The highest BCUT2D eigenvalue weighted by atomic mass is 32.2. The number of halogens is 1. The van der Waals surface area contributed by atoms with Crippen LogP contribution in [0.4, 0.5) is 21.7 Å². The van der Waals surface area contributed by atoms with Crippen molar-refractivity contribution in [3.63, 3.8) is 0 Å². The van der Waals surface area contributed by atoms with Gasteiger partial charge in [0.25, 0.3) is 5.91 Å². The van der Waals surface area contributed by atoms with Crippen LogP contribution in [0.1, 0.15) is 47.5 Å². The summed E-state index contributed by atoms with van der Waals surface area (Å²) < 4.78 is 42.0. The molecule has 2 fully saturated rings. The molecule has 3 aliphatic rings. The van der Waals surface area contributed by atoms with Crippen molar-refractivity contribution >= 4 is 33.3 Å². The van der Waals surface area contributed by atoms with Gasteiger partial charge in [-0.15, -0.1) is 0 Å². The largest absolute Gasteiger partial charge is 0.381 e. The Bertz CT molecular complexity index is 1170. The number of nitrogens with zero attached hydrogens (tertiary/aromatic N) is 5. The number of carbonyl (C=O) groups excluding carboxylic acids is 1. The van der Waals surface area contributed by atoms with Crippen LogP contribution in [-0.2, 0) is 16.6 Å². The van der Waals surface area contributed by atoms with Crippen molar-refractivity contribution in [1.29, 1.82) is 0 Å². The van der Waals surface area contributed by atoms with E-state index in [0.717, 1.165) is 18.4 Å². The van der Waals surface area contributed by atoms with Gasteiger partial charge in [0.15, 0.2) is 5.82 Å². The molecule has 10 nitrogen and oxygen atoms in total. The minimum Gasteiger partial charge on any atom is -0.381 e. The molecule has 1 atom stereocenters. The molecule has 1 saturated carbocycles. The first-order valence-corrected chi connectivity index (χ1v) is 12.7. The molecule has 1 saturated heterocycles. The van der Waals surface area contributed by atoms with Crippen molar-refractivity contribution in [3.05, 3.63) is 29.6 Å². The first-order chi connectivity index (χ1) is 15.8. The lowest BCUT2D eigenvalue weighted by atomic mass is 9.90. The smallest absolute Gasteiger partial charge is 0.263 e. The van der Waals surface area contributed by atoms with Crippen LogP contribution < -0.4 is 16.0 Å². The number of fused-ring (bicyclic) bond motifs is 1. The Hall–Kier alpha value is -2.73. The van der Waals surface area contributed by atoms with Crippen molar-refractivity contribution in [2.45, 2.75) is 49.6 Å². The number of alkyl halides is 1. The van der Waals surface area contributed by atoms with E-state index in [1.165, 1.54) is 4.68 Å². The standard InChI is InChI=1S/C21H28FN7O3S/c1-27-11-14(22)12-29-21(27)18(19(23)26-29)20(30)25-17-10-24-7-4-16(17)13-5-8-28(9-6-13)33(31,32)15-2-3-15/h4,7,10,13-15H,2-3,5-6,8-9,11-12H2,1H3,(H2,23,26)(H,25,30). The SMILES string of the molecule is CN1CC(F)Cn2nc(N)c(C(=O)Nc3cnccc3C3CCN(S(=O)(=O)C4CC4)CC3)c21. The number of piperidine rings is 1. The average Bonchev–Trinajstić information content (AvgIpc) is 3.58. The number of rotatable bonds is 5. The molecule has 4 heterocycles. The van der Waals surface area contributed by atoms with Crippen LogP contribution in [0, 0.1) is 0 Å². The summed E-state index contributed by atoms with van der Waals surface area (Å²) in [4.78, 5) is 19.0. The zero-order valence-corrected chi connectivity index (χ0v) is 19.3. The van der Waals surface area contributed by atoms with E-state index in [2.05, 4.69) is 15.4 Å². The third-order valence-electron chi connectivity index (χ3n) is 6.69. The van der Waals surface area contributed by atoms with Crippen LogP contribution >= 0.6 is 0 Å². The van der Waals surface area contributed by atoms with Gasteiger partial charge in [0.05, 0.1) is 30.2 Å². The molecule has 1 amide bonds. The van der Waals surface area contributed by atoms with Crippen molar-refractivity contribution in [3.8, 4) is 0 Å². The van der Waals surface area contributed by atoms with Gasteiger partial charge >= 0.3 is 0 Å². The topological polar surface area (TPSA) is 126 Å². The van der Waals surface area contributed by atoms with Crippen LogP contribution in [0.25, 0.3) is 0 Å². The Morgan fingerprint density at radius 2 is 1.94 bits per heavy atom. The van der Waals surface area contributed by atoms with Crippen LogP contribution in [-0.4, -0.2) is 71.5 Å². The van der Waals surface area contributed by atoms with Gasteiger partial charge in [0.1, 0.15) is 17.6 Å².